The lowest BCUT2D eigenvalue weighted by atomic mass is 10.0. The molecule has 5 heterocycles. The number of morpholine rings is 1. The summed E-state index contributed by atoms with van der Waals surface area (Å²) in [5.41, 5.74) is 4.79. The van der Waals surface area contributed by atoms with Crippen LogP contribution in [0.4, 0.5) is 11.6 Å². The highest BCUT2D eigenvalue weighted by atomic mass is 16.5. The maximum atomic E-state index is 5.54. The van der Waals surface area contributed by atoms with Crippen LogP contribution < -0.4 is 10.2 Å². The first-order valence-corrected chi connectivity index (χ1v) is 14.8. The zero-order valence-corrected chi connectivity index (χ0v) is 24.8. The topological polar surface area (TPSA) is 74.6 Å². The molecule has 0 saturated carbocycles. The summed E-state index contributed by atoms with van der Waals surface area (Å²) in [6, 6.07) is 13.7. The average Bonchev–Trinajstić information content (AvgIpc) is 3.36. The predicted molar refractivity (Wildman–Crippen MR) is 165 cm³/mol. The van der Waals surface area contributed by atoms with Crippen LogP contribution in [0.15, 0.2) is 55.0 Å². The van der Waals surface area contributed by atoms with Gasteiger partial charge in [0.2, 0.25) is 0 Å². The highest BCUT2D eigenvalue weighted by Gasteiger charge is 2.22. The van der Waals surface area contributed by atoms with Crippen molar-refractivity contribution in [3.63, 3.8) is 0 Å². The first-order valence-electron chi connectivity index (χ1n) is 14.8. The van der Waals surface area contributed by atoms with Crippen LogP contribution in [0, 0.1) is 0 Å². The number of aryl methyl sites for hydroxylation is 1. The van der Waals surface area contributed by atoms with E-state index in [0.717, 1.165) is 68.3 Å². The van der Waals surface area contributed by atoms with Gasteiger partial charge in [-0.2, -0.15) is 5.10 Å². The van der Waals surface area contributed by atoms with E-state index in [2.05, 4.69) is 82.5 Å². The van der Waals surface area contributed by atoms with Crippen molar-refractivity contribution >= 4 is 22.4 Å². The molecule has 6 rings (SSSR count). The normalized spacial score (nSPS) is 18.0. The highest BCUT2D eigenvalue weighted by molar-refractivity contribution is 5.88. The molecule has 216 valence electrons. The number of hydrogen-bond donors (Lipinski definition) is 1. The second kappa shape index (κ2) is 12.1. The largest absolute Gasteiger partial charge is 0.379 e. The molecule has 3 aromatic heterocycles. The fourth-order valence-corrected chi connectivity index (χ4v) is 6.02. The van der Waals surface area contributed by atoms with Gasteiger partial charge in [-0.3, -0.25) is 9.58 Å². The Morgan fingerprint density at radius 3 is 2.59 bits per heavy atom. The zero-order valence-electron chi connectivity index (χ0n) is 24.8. The van der Waals surface area contributed by atoms with Crippen molar-refractivity contribution in [2.45, 2.75) is 38.4 Å². The Morgan fingerprint density at radius 1 is 0.976 bits per heavy atom. The number of likely N-dealkylation sites (tertiary alicyclic amines) is 1. The molecule has 2 aliphatic heterocycles. The third-order valence-electron chi connectivity index (χ3n) is 8.80. The number of nitrogens with zero attached hydrogens (tertiary/aromatic N) is 7. The lowest BCUT2D eigenvalue weighted by Crippen LogP contribution is -2.42. The number of rotatable bonds is 8. The standard InChI is InChI=1S/C32H42N8O/c1-23(24-7-10-33-32(19-24)38(3)28-8-11-37(2)12-9-28)36-31-18-27-17-25(5-6-26(27)20-34-31)29-21-35-39(4)30(29)22-40-13-15-41-16-14-40/h5-7,10,17-21,23,28H,8-9,11-16,22H2,1-4H3,(H,34,36). The van der Waals surface area contributed by atoms with E-state index in [9.17, 15) is 0 Å². The van der Waals surface area contributed by atoms with E-state index < -0.39 is 0 Å². The van der Waals surface area contributed by atoms with E-state index in [-0.39, 0.29) is 6.04 Å². The number of hydrogen-bond acceptors (Lipinski definition) is 8. The molecule has 0 bridgehead atoms. The van der Waals surface area contributed by atoms with Gasteiger partial charge in [-0.05, 0) is 80.7 Å². The Morgan fingerprint density at radius 2 is 1.78 bits per heavy atom. The predicted octanol–water partition coefficient (Wildman–Crippen LogP) is 4.57. The molecule has 9 heteroatoms. The van der Waals surface area contributed by atoms with Gasteiger partial charge in [0, 0.05) is 63.1 Å². The Bertz CT molecular complexity index is 1470. The molecule has 0 aliphatic carbocycles. The molecular formula is C32H42N8O. The monoisotopic (exact) mass is 554 g/mol. The fraction of sp³-hybridized carbons (Fsp3) is 0.469. The molecule has 0 radical (unpaired) electrons. The molecule has 2 fully saturated rings. The van der Waals surface area contributed by atoms with E-state index in [1.807, 2.05) is 30.3 Å². The molecule has 1 atom stereocenters. The summed E-state index contributed by atoms with van der Waals surface area (Å²) in [5.74, 6) is 1.90. The molecule has 1 unspecified atom stereocenters. The van der Waals surface area contributed by atoms with Crippen molar-refractivity contribution in [2.75, 3.05) is 63.7 Å². The molecule has 41 heavy (non-hydrogen) atoms. The lowest BCUT2D eigenvalue weighted by molar-refractivity contribution is 0.0332. The van der Waals surface area contributed by atoms with Crippen LogP contribution in [0.1, 0.15) is 37.1 Å². The number of fused-ring (bicyclic) bond motifs is 1. The summed E-state index contributed by atoms with van der Waals surface area (Å²) in [7, 11) is 6.41. The summed E-state index contributed by atoms with van der Waals surface area (Å²) < 4.78 is 7.54. The molecule has 1 aromatic carbocycles. The van der Waals surface area contributed by atoms with Crippen molar-refractivity contribution in [1.29, 1.82) is 0 Å². The molecule has 0 spiro atoms. The first kappa shape index (κ1) is 27.6. The number of benzene rings is 1. The Labute approximate surface area is 243 Å². The lowest BCUT2D eigenvalue weighted by Gasteiger charge is -2.36. The first-order chi connectivity index (χ1) is 19.9. The Kier molecular flexibility index (Phi) is 8.18. The van der Waals surface area contributed by atoms with Gasteiger partial charge in [0.25, 0.3) is 0 Å². The van der Waals surface area contributed by atoms with Crippen molar-refractivity contribution < 1.29 is 4.74 Å². The van der Waals surface area contributed by atoms with Gasteiger partial charge in [-0.1, -0.05) is 12.1 Å². The number of nitrogens with one attached hydrogen (secondary N) is 1. The second-order valence-electron chi connectivity index (χ2n) is 11.6. The van der Waals surface area contributed by atoms with Crippen molar-refractivity contribution in [1.82, 2.24) is 29.5 Å². The minimum absolute atomic E-state index is 0.0919. The molecule has 2 saturated heterocycles. The van der Waals surface area contributed by atoms with Crippen molar-refractivity contribution in [3.05, 3.63) is 66.2 Å². The van der Waals surface area contributed by atoms with Gasteiger partial charge < -0.3 is 19.9 Å². The summed E-state index contributed by atoms with van der Waals surface area (Å²) in [4.78, 5) is 16.6. The number of aromatic nitrogens is 4. The van der Waals surface area contributed by atoms with Gasteiger partial charge >= 0.3 is 0 Å². The number of piperidine rings is 1. The minimum Gasteiger partial charge on any atom is -0.379 e. The van der Waals surface area contributed by atoms with Crippen LogP contribution in [0.5, 0.6) is 0 Å². The summed E-state index contributed by atoms with van der Waals surface area (Å²) in [6.45, 7) is 8.82. The number of ether oxygens (including phenoxy) is 1. The van der Waals surface area contributed by atoms with Gasteiger partial charge in [0.1, 0.15) is 11.6 Å². The molecular weight excluding hydrogens is 512 g/mol. The van der Waals surface area contributed by atoms with E-state index in [4.69, 9.17) is 14.7 Å². The van der Waals surface area contributed by atoms with Crippen LogP contribution in [-0.4, -0.2) is 89.1 Å². The smallest absolute Gasteiger partial charge is 0.128 e. The van der Waals surface area contributed by atoms with Gasteiger partial charge in [-0.25, -0.2) is 9.97 Å². The second-order valence-corrected chi connectivity index (χ2v) is 11.6. The SMILES string of the molecule is CC(Nc1cc2cc(-c3cnn(C)c3CN3CCOCC3)ccc2cn1)c1ccnc(N(C)C2CCN(C)CC2)c1. The van der Waals surface area contributed by atoms with Crippen LogP contribution in [0.25, 0.3) is 21.9 Å². The third kappa shape index (κ3) is 6.22. The zero-order chi connectivity index (χ0) is 28.3. The Balaban J connectivity index is 1.19. The maximum Gasteiger partial charge on any atom is 0.128 e. The van der Waals surface area contributed by atoms with E-state index >= 15 is 0 Å². The molecule has 9 nitrogen and oxygen atoms in total. The van der Waals surface area contributed by atoms with Crippen LogP contribution in [0.2, 0.25) is 0 Å². The Hall–Kier alpha value is -3.53. The third-order valence-corrected chi connectivity index (χ3v) is 8.80. The van der Waals surface area contributed by atoms with Gasteiger partial charge in [0.15, 0.2) is 0 Å². The van der Waals surface area contributed by atoms with E-state index in [1.54, 1.807) is 0 Å². The van der Waals surface area contributed by atoms with Crippen LogP contribution in [0.3, 0.4) is 0 Å². The molecule has 1 N–H and O–H groups in total. The fourth-order valence-electron chi connectivity index (χ4n) is 6.02. The molecule has 0 amide bonds. The quantitative estimate of drug-likeness (QED) is 0.340. The number of pyridine rings is 2. The average molecular weight is 555 g/mol. The highest BCUT2D eigenvalue weighted by Crippen LogP contribution is 2.30. The summed E-state index contributed by atoms with van der Waals surface area (Å²) in [6.07, 6.45) is 8.21. The number of anilines is 2. The van der Waals surface area contributed by atoms with Crippen molar-refractivity contribution in [2.24, 2.45) is 7.05 Å². The van der Waals surface area contributed by atoms with Crippen molar-refractivity contribution in [3.8, 4) is 11.1 Å². The van der Waals surface area contributed by atoms with E-state index in [0.29, 0.717) is 6.04 Å². The molecule has 2 aliphatic rings. The van der Waals surface area contributed by atoms with E-state index in [1.165, 1.54) is 35.2 Å². The van der Waals surface area contributed by atoms with Crippen LogP contribution >= 0.6 is 0 Å². The summed E-state index contributed by atoms with van der Waals surface area (Å²) in [5, 5.41) is 10.5. The van der Waals surface area contributed by atoms with Gasteiger partial charge in [-0.15, -0.1) is 0 Å². The molecule has 4 aromatic rings. The maximum absolute atomic E-state index is 5.54. The van der Waals surface area contributed by atoms with Gasteiger partial charge in [0.05, 0.1) is 31.1 Å². The summed E-state index contributed by atoms with van der Waals surface area (Å²) >= 11 is 0. The van der Waals surface area contributed by atoms with Crippen LogP contribution in [-0.2, 0) is 18.3 Å². The minimum atomic E-state index is 0.0919.